The zero-order chi connectivity index (χ0) is 12.7. The Bertz CT molecular complexity index is 717. The molecule has 3 nitrogen and oxygen atoms in total. The van der Waals surface area contributed by atoms with Crippen molar-refractivity contribution in [2.24, 2.45) is 0 Å². The molecule has 0 amide bonds. The van der Waals surface area contributed by atoms with E-state index in [1.165, 1.54) is 10.8 Å². The molecule has 0 aliphatic carbocycles. The predicted octanol–water partition coefficient (Wildman–Crippen LogP) is 3.76. The van der Waals surface area contributed by atoms with Crippen LogP contribution >= 0.6 is 15.9 Å². The Hall–Kier alpha value is -1.39. The summed E-state index contributed by atoms with van der Waals surface area (Å²) in [6.45, 7) is 2.09. The van der Waals surface area contributed by atoms with Gasteiger partial charge < -0.3 is 10.3 Å². The maximum Gasteiger partial charge on any atom is 0.124 e. The molecule has 1 unspecified atom stereocenters. The van der Waals surface area contributed by atoms with Crippen LogP contribution in [0.25, 0.3) is 21.8 Å². The Morgan fingerprint density at radius 2 is 2.11 bits per heavy atom. The molecule has 0 radical (unpaired) electrons. The zero-order valence-corrected chi connectivity index (χ0v) is 11.9. The molecular weight excluding hydrogens is 290 g/mol. The Kier molecular flexibility index (Phi) is 2.84. The third-order valence-electron chi connectivity index (χ3n) is 3.29. The van der Waals surface area contributed by atoms with Crippen molar-refractivity contribution in [3.05, 3.63) is 40.6 Å². The fourth-order valence-electron chi connectivity index (χ4n) is 2.13. The molecule has 0 saturated heterocycles. The lowest BCUT2D eigenvalue weighted by molar-refractivity contribution is 0.620. The first kappa shape index (κ1) is 11.7. The lowest BCUT2D eigenvalue weighted by Gasteiger charge is -2.04. The molecule has 0 bridgehead atoms. The van der Waals surface area contributed by atoms with Gasteiger partial charge in [-0.1, -0.05) is 28.1 Å². The monoisotopic (exact) mass is 303 g/mol. The number of rotatable bonds is 2. The molecule has 0 spiro atoms. The van der Waals surface area contributed by atoms with Crippen LogP contribution in [0.4, 0.5) is 0 Å². The summed E-state index contributed by atoms with van der Waals surface area (Å²) in [4.78, 5) is 8.08. The normalized spacial score (nSPS) is 13.3. The second-order valence-electron chi connectivity index (χ2n) is 4.46. The van der Waals surface area contributed by atoms with E-state index < -0.39 is 0 Å². The molecule has 1 atom stereocenters. The summed E-state index contributed by atoms with van der Waals surface area (Å²) in [7, 11) is 1.94. The van der Waals surface area contributed by atoms with Crippen LogP contribution in [0.5, 0.6) is 0 Å². The van der Waals surface area contributed by atoms with E-state index in [9.17, 15) is 0 Å². The highest BCUT2D eigenvalue weighted by Gasteiger charge is 2.10. The number of fused-ring (bicyclic) bond motifs is 3. The molecule has 92 valence electrons. The van der Waals surface area contributed by atoms with Crippen molar-refractivity contribution in [2.75, 3.05) is 7.05 Å². The van der Waals surface area contributed by atoms with Crippen molar-refractivity contribution >= 4 is 37.7 Å². The van der Waals surface area contributed by atoms with Crippen LogP contribution in [0.2, 0.25) is 0 Å². The lowest BCUT2D eigenvalue weighted by Crippen LogP contribution is -2.13. The zero-order valence-electron chi connectivity index (χ0n) is 10.3. The number of aromatic amines is 1. The van der Waals surface area contributed by atoms with Gasteiger partial charge in [0.25, 0.3) is 0 Å². The number of hydrogen-bond acceptors (Lipinski definition) is 2. The number of H-pyrrole nitrogens is 1. The minimum absolute atomic E-state index is 0.225. The Labute approximate surface area is 114 Å². The van der Waals surface area contributed by atoms with Crippen molar-refractivity contribution < 1.29 is 0 Å². The summed E-state index contributed by atoms with van der Waals surface area (Å²) in [5.41, 5.74) is 2.12. The van der Waals surface area contributed by atoms with Gasteiger partial charge in [-0.3, -0.25) is 0 Å². The molecule has 2 N–H and O–H groups in total. The van der Waals surface area contributed by atoms with E-state index in [0.29, 0.717) is 0 Å². The van der Waals surface area contributed by atoms with Crippen molar-refractivity contribution in [3.8, 4) is 0 Å². The third kappa shape index (κ3) is 1.82. The van der Waals surface area contributed by atoms with Gasteiger partial charge in [0, 0.05) is 9.86 Å². The lowest BCUT2D eigenvalue weighted by atomic mass is 10.1. The molecule has 1 aromatic heterocycles. The molecule has 1 heterocycles. The first-order chi connectivity index (χ1) is 8.69. The average molecular weight is 304 g/mol. The van der Waals surface area contributed by atoms with Crippen LogP contribution in [0.1, 0.15) is 18.8 Å². The van der Waals surface area contributed by atoms with Gasteiger partial charge in [-0.15, -0.1) is 0 Å². The molecule has 0 saturated carbocycles. The molecule has 3 aromatic rings. The quantitative estimate of drug-likeness (QED) is 0.757. The summed E-state index contributed by atoms with van der Waals surface area (Å²) in [5, 5.41) is 5.58. The van der Waals surface area contributed by atoms with Crippen molar-refractivity contribution in [1.29, 1.82) is 0 Å². The second-order valence-corrected chi connectivity index (χ2v) is 5.38. The van der Waals surface area contributed by atoms with Crippen LogP contribution in [-0.2, 0) is 0 Å². The standard InChI is InChI=1S/C14H14BrN3/c1-8(16-2)14-17-12-6-3-9-7-10(15)4-5-11(9)13(12)18-14/h3-8,16H,1-2H3,(H,17,18). The third-order valence-corrected chi connectivity index (χ3v) is 3.78. The first-order valence-corrected chi connectivity index (χ1v) is 6.73. The Morgan fingerprint density at radius 3 is 2.89 bits per heavy atom. The van der Waals surface area contributed by atoms with E-state index in [1.54, 1.807) is 0 Å². The van der Waals surface area contributed by atoms with Gasteiger partial charge in [-0.25, -0.2) is 4.98 Å². The topological polar surface area (TPSA) is 40.7 Å². The molecule has 0 fully saturated rings. The average Bonchev–Trinajstić information content (AvgIpc) is 2.81. The number of hydrogen-bond donors (Lipinski definition) is 2. The highest BCUT2D eigenvalue weighted by Crippen LogP contribution is 2.27. The summed E-state index contributed by atoms with van der Waals surface area (Å²) >= 11 is 3.50. The fourth-order valence-corrected chi connectivity index (χ4v) is 2.51. The van der Waals surface area contributed by atoms with Gasteiger partial charge in [0.1, 0.15) is 5.82 Å². The number of imidazole rings is 1. The molecule has 18 heavy (non-hydrogen) atoms. The SMILES string of the molecule is CNC(C)c1nc2c(ccc3cc(Br)ccc32)[nH]1. The minimum Gasteiger partial charge on any atom is -0.341 e. The van der Waals surface area contributed by atoms with Gasteiger partial charge in [-0.2, -0.15) is 0 Å². The summed E-state index contributed by atoms with van der Waals surface area (Å²) in [5.74, 6) is 0.975. The summed E-state index contributed by atoms with van der Waals surface area (Å²) < 4.78 is 1.09. The Balaban J connectivity index is 2.30. The van der Waals surface area contributed by atoms with E-state index in [4.69, 9.17) is 4.98 Å². The van der Waals surface area contributed by atoms with Crippen LogP contribution in [0, 0.1) is 0 Å². The fraction of sp³-hybridized carbons (Fsp3) is 0.214. The van der Waals surface area contributed by atoms with Crippen LogP contribution in [0.3, 0.4) is 0 Å². The van der Waals surface area contributed by atoms with E-state index in [0.717, 1.165) is 21.3 Å². The second kappa shape index (κ2) is 4.37. The molecule has 0 aliphatic rings. The Morgan fingerprint density at radius 1 is 1.28 bits per heavy atom. The van der Waals surface area contributed by atoms with E-state index in [2.05, 4.69) is 63.5 Å². The van der Waals surface area contributed by atoms with E-state index in [-0.39, 0.29) is 6.04 Å². The van der Waals surface area contributed by atoms with Crippen molar-refractivity contribution in [2.45, 2.75) is 13.0 Å². The number of benzene rings is 2. The van der Waals surface area contributed by atoms with Crippen LogP contribution < -0.4 is 5.32 Å². The van der Waals surface area contributed by atoms with Gasteiger partial charge in [0.2, 0.25) is 0 Å². The van der Waals surface area contributed by atoms with E-state index in [1.807, 2.05) is 7.05 Å². The van der Waals surface area contributed by atoms with Crippen LogP contribution in [0.15, 0.2) is 34.8 Å². The van der Waals surface area contributed by atoms with Gasteiger partial charge in [-0.05, 0) is 37.6 Å². The largest absolute Gasteiger partial charge is 0.341 e. The molecule has 4 heteroatoms. The summed E-state index contributed by atoms with van der Waals surface area (Å²) in [6, 6.07) is 10.7. The van der Waals surface area contributed by atoms with Crippen LogP contribution in [-0.4, -0.2) is 17.0 Å². The van der Waals surface area contributed by atoms with E-state index >= 15 is 0 Å². The highest BCUT2D eigenvalue weighted by atomic mass is 79.9. The molecule has 2 aromatic carbocycles. The van der Waals surface area contributed by atoms with Gasteiger partial charge in [0.15, 0.2) is 0 Å². The number of aromatic nitrogens is 2. The maximum atomic E-state index is 4.71. The van der Waals surface area contributed by atoms with Gasteiger partial charge in [0.05, 0.1) is 17.1 Å². The summed E-state index contributed by atoms with van der Waals surface area (Å²) in [6.07, 6.45) is 0. The number of nitrogens with zero attached hydrogens (tertiary/aromatic N) is 1. The maximum absolute atomic E-state index is 4.71. The smallest absolute Gasteiger partial charge is 0.124 e. The number of halogens is 1. The molecule has 0 aliphatic heterocycles. The van der Waals surface area contributed by atoms with Crippen molar-refractivity contribution in [1.82, 2.24) is 15.3 Å². The highest BCUT2D eigenvalue weighted by molar-refractivity contribution is 9.10. The minimum atomic E-state index is 0.225. The molecule has 3 rings (SSSR count). The predicted molar refractivity (Wildman–Crippen MR) is 78.8 cm³/mol. The number of nitrogens with one attached hydrogen (secondary N) is 2. The van der Waals surface area contributed by atoms with Crippen molar-refractivity contribution in [3.63, 3.8) is 0 Å². The molecular formula is C14H14BrN3. The first-order valence-electron chi connectivity index (χ1n) is 5.94. The van der Waals surface area contributed by atoms with Gasteiger partial charge >= 0.3 is 0 Å².